The normalized spacial score (nSPS) is 27.2. The third-order valence-corrected chi connectivity index (χ3v) is 5.14. The van der Waals surface area contributed by atoms with Crippen molar-refractivity contribution in [3.05, 3.63) is 23.9 Å². The van der Waals surface area contributed by atoms with Gasteiger partial charge in [-0.3, -0.25) is 4.79 Å². The van der Waals surface area contributed by atoms with E-state index in [0.29, 0.717) is 24.5 Å². The standard InChI is InChI=1S/C13H18N4O3S/c14-8-11-2-1-5-17(11)13(18)10-3-4-12-15-21(19,20)7-6-16(12)9-10/h3-4,9,11H,1-2,5-8,14H2. The van der Waals surface area contributed by atoms with Crippen molar-refractivity contribution in [3.63, 3.8) is 0 Å². The zero-order valence-corrected chi connectivity index (χ0v) is 12.4. The second kappa shape index (κ2) is 5.27. The van der Waals surface area contributed by atoms with Crippen LogP contribution in [-0.4, -0.2) is 61.4 Å². The van der Waals surface area contributed by atoms with Crippen LogP contribution in [0.3, 0.4) is 0 Å². The second-order valence-corrected chi connectivity index (χ2v) is 7.13. The summed E-state index contributed by atoms with van der Waals surface area (Å²) in [6, 6.07) is 0.101. The lowest BCUT2D eigenvalue weighted by Crippen LogP contribution is -2.42. The average molecular weight is 310 g/mol. The summed E-state index contributed by atoms with van der Waals surface area (Å²) in [5.41, 5.74) is 6.25. The smallest absolute Gasteiger partial charge is 0.256 e. The lowest BCUT2D eigenvalue weighted by atomic mass is 10.1. The van der Waals surface area contributed by atoms with Crippen LogP contribution < -0.4 is 5.73 Å². The van der Waals surface area contributed by atoms with E-state index >= 15 is 0 Å². The number of amidine groups is 1. The van der Waals surface area contributed by atoms with E-state index in [1.165, 1.54) is 0 Å². The molecule has 1 atom stereocenters. The van der Waals surface area contributed by atoms with E-state index in [9.17, 15) is 13.2 Å². The minimum atomic E-state index is -3.37. The van der Waals surface area contributed by atoms with Crippen LogP contribution in [0.25, 0.3) is 0 Å². The van der Waals surface area contributed by atoms with Crippen LogP contribution in [0.2, 0.25) is 0 Å². The molecule has 3 aliphatic heterocycles. The molecule has 0 bridgehead atoms. The average Bonchev–Trinajstić information content (AvgIpc) is 2.93. The number of fused-ring (bicyclic) bond motifs is 1. The first-order chi connectivity index (χ1) is 10.00. The molecule has 1 fully saturated rings. The van der Waals surface area contributed by atoms with Gasteiger partial charge < -0.3 is 15.5 Å². The Morgan fingerprint density at radius 2 is 2.19 bits per heavy atom. The van der Waals surface area contributed by atoms with Crippen LogP contribution in [0.15, 0.2) is 28.3 Å². The Morgan fingerprint density at radius 1 is 1.38 bits per heavy atom. The van der Waals surface area contributed by atoms with Crippen molar-refractivity contribution in [2.75, 3.05) is 25.4 Å². The van der Waals surface area contributed by atoms with Gasteiger partial charge in [-0.1, -0.05) is 0 Å². The van der Waals surface area contributed by atoms with Gasteiger partial charge in [-0.15, -0.1) is 4.40 Å². The number of likely N-dealkylation sites (tertiary alicyclic amines) is 1. The lowest BCUT2D eigenvalue weighted by Gasteiger charge is -2.29. The Balaban J connectivity index is 1.81. The molecule has 7 nitrogen and oxygen atoms in total. The Kier molecular flexibility index (Phi) is 3.58. The van der Waals surface area contributed by atoms with Crippen LogP contribution in [0.5, 0.6) is 0 Å². The summed E-state index contributed by atoms with van der Waals surface area (Å²) in [7, 11) is -3.37. The van der Waals surface area contributed by atoms with Gasteiger partial charge in [0.25, 0.3) is 15.9 Å². The minimum Gasteiger partial charge on any atom is -0.334 e. The fourth-order valence-corrected chi connectivity index (χ4v) is 3.81. The van der Waals surface area contributed by atoms with E-state index in [2.05, 4.69) is 4.40 Å². The fourth-order valence-electron chi connectivity index (χ4n) is 2.84. The number of carbonyl (C=O) groups is 1. The maximum atomic E-state index is 12.5. The number of hydrogen-bond acceptors (Lipinski definition) is 5. The summed E-state index contributed by atoms with van der Waals surface area (Å²) in [6.45, 7) is 1.52. The van der Waals surface area contributed by atoms with Crippen molar-refractivity contribution in [2.45, 2.75) is 18.9 Å². The molecule has 0 aromatic heterocycles. The van der Waals surface area contributed by atoms with Gasteiger partial charge in [0, 0.05) is 31.9 Å². The van der Waals surface area contributed by atoms with Gasteiger partial charge in [0.05, 0.1) is 11.3 Å². The monoisotopic (exact) mass is 310 g/mol. The van der Waals surface area contributed by atoms with E-state index in [-0.39, 0.29) is 17.7 Å². The first-order valence-electron chi connectivity index (χ1n) is 7.00. The zero-order chi connectivity index (χ0) is 15.0. The summed E-state index contributed by atoms with van der Waals surface area (Å²) in [5.74, 6) is 0.290. The van der Waals surface area contributed by atoms with Gasteiger partial charge in [0.1, 0.15) is 5.84 Å². The first-order valence-corrected chi connectivity index (χ1v) is 8.61. The molecule has 3 rings (SSSR count). The van der Waals surface area contributed by atoms with Crippen molar-refractivity contribution in [1.29, 1.82) is 0 Å². The number of rotatable bonds is 2. The van der Waals surface area contributed by atoms with Crippen LogP contribution in [0, 0.1) is 0 Å². The number of nitrogens with two attached hydrogens (primary N) is 1. The third kappa shape index (κ3) is 2.73. The Morgan fingerprint density at radius 3 is 2.95 bits per heavy atom. The van der Waals surface area contributed by atoms with Gasteiger partial charge in [-0.2, -0.15) is 0 Å². The minimum absolute atomic E-state index is 0.0303. The molecule has 0 saturated carbocycles. The van der Waals surface area contributed by atoms with E-state index in [1.807, 2.05) is 0 Å². The van der Waals surface area contributed by atoms with E-state index in [0.717, 1.165) is 19.4 Å². The first kappa shape index (κ1) is 14.3. The van der Waals surface area contributed by atoms with Gasteiger partial charge in [0.2, 0.25) is 0 Å². The molecular weight excluding hydrogens is 292 g/mol. The largest absolute Gasteiger partial charge is 0.334 e. The Labute approximate surface area is 123 Å². The maximum absolute atomic E-state index is 12.5. The molecule has 21 heavy (non-hydrogen) atoms. The molecule has 1 amide bonds. The number of amides is 1. The predicted octanol–water partition coefficient (Wildman–Crippen LogP) is -0.566. The number of sulfonamides is 1. The highest BCUT2D eigenvalue weighted by atomic mass is 32.2. The number of hydrogen-bond donors (Lipinski definition) is 1. The van der Waals surface area contributed by atoms with Crippen molar-refractivity contribution in [1.82, 2.24) is 9.80 Å². The fraction of sp³-hybridized carbons (Fsp3) is 0.538. The summed E-state index contributed by atoms with van der Waals surface area (Å²) in [5, 5.41) is 0. The maximum Gasteiger partial charge on any atom is 0.256 e. The van der Waals surface area contributed by atoms with Gasteiger partial charge in [0.15, 0.2) is 0 Å². The predicted molar refractivity (Wildman–Crippen MR) is 78.9 cm³/mol. The molecule has 0 spiro atoms. The highest BCUT2D eigenvalue weighted by Crippen LogP contribution is 2.22. The molecule has 1 unspecified atom stereocenters. The summed E-state index contributed by atoms with van der Waals surface area (Å²) >= 11 is 0. The molecule has 0 aromatic rings. The molecule has 0 aliphatic carbocycles. The van der Waals surface area contributed by atoms with Crippen LogP contribution >= 0.6 is 0 Å². The summed E-state index contributed by atoms with van der Waals surface area (Å²) < 4.78 is 26.6. The van der Waals surface area contributed by atoms with Crippen LogP contribution in [0.4, 0.5) is 0 Å². The highest BCUT2D eigenvalue weighted by molar-refractivity contribution is 7.90. The van der Waals surface area contributed by atoms with Crippen LogP contribution in [0.1, 0.15) is 12.8 Å². The molecule has 1 saturated heterocycles. The summed E-state index contributed by atoms with van der Waals surface area (Å²) in [6.07, 6.45) is 6.80. The molecule has 3 heterocycles. The van der Waals surface area contributed by atoms with E-state index in [4.69, 9.17) is 5.73 Å². The second-order valence-electron chi connectivity index (χ2n) is 5.38. The molecular formula is C13H18N4O3S. The molecule has 3 aliphatic rings. The Bertz CT molecular complexity index is 650. The summed E-state index contributed by atoms with van der Waals surface area (Å²) in [4.78, 5) is 16.1. The molecule has 2 N–H and O–H groups in total. The number of carbonyl (C=O) groups excluding carboxylic acids is 1. The van der Waals surface area contributed by atoms with Gasteiger partial charge >= 0.3 is 0 Å². The zero-order valence-electron chi connectivity index (χ0n) is 11.6. The Hall–Kier alpha value is -1.67. The quantitative estimate of drug-likeness (QED) is 0.737. The van der Waals surface area contributed by atoms with Gasteiger partial charge in [-0.25, -0.2) is 8.42 Å². The van der Waals surface area contributed by atoms with Crippen molar-refractivity contribution in [3.8, 4) is 0 Å². The lowest BCUT2D eigenvalue weighted by molar-refractivity contribution is -0.127. The van der Waals surface area contributed by atoms with E-state index in [1.54, 1.807) is 28.2 Å². The highest BCUT2D eigenvalue weighted by Gasteiger charge is 2.31. The molecule has 114 valence electrons. The molecule has 0 radical (unpaired) electrons. The topological polar surface area (TPSA) is 96.1 Å². The molecule has 0 aromatic carbocycles. The van der Waals surface area contributed by atoms with Crippen LogP contribution in [-0.2, 0) is 14.8 Å². The number of nitrogens with zero attached hydrogens (tertiary/aromatic N) is 3. The van der Waals surface area contributed by atoms with Gasteiger partial charge in [-0.05, 0) is 25.0 Å². The SMILES string of the molecule is NCC1CCCN1C(=O)C1=CN2CCS(=O)(=O)N=C2C=C1. The molecule has 8 heteroatoms. The van der Waals surface area contributed by atoms with Crippen molar-refractivity contribution >= 4 is 21.8 Å². The van der Waals surface area contributed by atoms with Crippen molar-refractivity contribution < 1.29 is 13.2 Å². The third-order valence-electron chi connectivity index (χ3n) is 3.98. The van der Waals surface area contributed by atoms with Crippen molar-refractivity contribution in [2.24, 2.45) is 10.1 Å². The van der Waals surface area contributed by atoms with E-state index < -0.39 is 10.0 Å².